The topological polar surface area (TPSA) is 104 Å². The van der Waals surface area contributed by atoms with Crippen molar-refractivity contribution >= 4 is 17.5 Å². The fourth-order valence-electron chi connectivity index (χ4n) is 3.39. The lowest BCUT2D eigenvalue weighted by atomic mass is 9.91. The molecule has 0 aliphatic rings. The first kappa shape index (κ1) is 24.2. The lowest BCUT2D eigenvalue weighted by molar-refractivity contribution is 0.0649. The van der Waals surface area contributed by atoms with Crippen LogP contribution in [0, 0.1) is 0 Å². The molecule has 0 saturated carbocycles. The third kappa shape index (κ3) is 7.26. The molecular formula is C25H30O6. The Kier molecular flexibility index (Phi) is 8.39. The largest absolute Gasteiger partial charge is 0.489 e. The van der Waals surface area contributed by atoms with Crippen LogP contribution in [0.3, 0.4) is 0 Å². The van der Waals surface area contributed by atoms with Crippen molar-refractivity contribution in [2.45, 2.75) is 58.7 Å². The molecule has 0 aliphatic heterocycles. The number of allylic oxidation sites excluding steroid dienone is 2. The molecule has 2 aromatic carbocycles. The van der Waals surface area contributed by atoms with Gasteiger partial charge in [-0.05, 0) is 69.4 Å². The smallest absolute Gasteiger partial charge is 0.337 e. The van der Waals surface area contributed by atoms with E-state index in [1.807, 2.05) is 19.1 Å². The number of carboxylic acids is 2. The number of carboxylic acid groups (broad SMARTS) is 2. The molecule has 0 radical (unpaired) electrons. The zero-order chi connectivity index (χ0) is 23.0. The number of para-hydroxylation sites is 1. The molecule has 0 aliphatic carbocycles. The molecule has 0 aromatic heterocycles. The summed E-state index contributed by atoms with van der Waals surface area (Å²) in [5.74, 6) is -2.03. The molecule has 6 nitrogen and oxygen atoms in total. The fourth-order valence-corrected chi connectivity index (χ4v) is 3.39. The molecule has 0 amide bonds. The summed E-state index contributed by atoms with van der Waals surface area (Å²) >= 11 is 0. The van der Waals surface area contributed by atoms with Crippen LogP contribution in [-0.4, -0.2) is 32.9 Å². The summed E-state index contributed by atoms with van der Waals surface area (Å²) in [7, 11) is 0. The maximum Gasteiger partial charge on any atom is 0.337 e. The van der Waals surface area contributed by atoms with Crippen molar-refractivity contribution in [2.75, 3.05) is 0 Å². The zero-order valence-electron chi connectivity index (χ0n) is 18.2. The van der Waals surface area contributed by atoms with Gasteiger partial charge < -0.3 is 20.1 Å². The summed E-state index contributed by atoms with van der Waals surface area (Å²) in [5, 5.41) is 29.1. The molecule has 0 heterocycles. The quantitative estimate of drug-likeness (QED) is 0.416. The highest BCUT2D eigenvalue weighted by Crippen LogP contribution is 2.28. The Morgan fingerprint density at radius 2 is 1.61 bits per heavy atom. The Bertz CT molecular complexity index is 938. The van der Waals surface area contributed by atoms with E-state index in [1.165, 1.54) is 6.07 Å². The van der Waals surface area contributed by atoms with Crippen molar-refractivity contribution < 1.29 is 29.6 Å². The van der Waals surface area contributed by atoms with E-state index in [2.05, 4.69) is 0 Å². The molecule has 0 fully saturated rings. The van der Waals surface area contributed by atoms with Crippen LogP contribution in [0.25, 0.3) is 5.57 Å². The van der Waals surface area contributed by atoms with Crippen LogP contribution in [0.5, 0.6) is 5.75 Å². The van der Waals surface area contributed by atoms with Gasteiger partial charge in [-0.1, -0.05) is 36.8 Å². The van der Waals surface area contributed by atoms with Gasteiger partial charge >= 0.3 is 11.9 Å². The van der Waals surface area contributed by atoms with E-state index < -0.39 is 17.5 Å². The molecule has 31 heavy (non-hydrogen) atoms. The number of rotatable bonds is 11. The normalized spacial score (nSPS) is 11.9. The predicted molar refractivity (Wildman–Crippen MR) is 120 cm³/mol. The lowest BCUT2D eigenvalue weighted by Gasteiger charge is -2.17. The molecule has 0 unspecified atom stereocenters. The number of carbonyl (C=O) groups is 2. The number of unbranched alkanes of at least 4 members (excludes halogenated alkanes) is 2. The molecule has 2 aromatic rings. The van der Waals surface area contributed by atoms with Crippen molar-refractivity contribution in [3.63, 3.8) is 0 Å². The molecule has 166 valence electrons. The van der Waals surface area contributed by atoms with E-state index in [9.17, 15) is 24.9 Å². The first-order valence-corrected chi connectivity index (χ1v) is 10.3. The van der Waals surface area contributed by atoms with Crippen LogP contribution in [-0.2, 0) is 6.61 Å². The number of hydrogen-bond donors (Lipinski definition) is 3. The van der Waals surface area contributed by atoms with E-state index in [0.717, 1.165) is 24.8 Å². The monoisotopic (exact) mass is 426 g/mol. The molecule has 3 N–H and O–H groups in total. The molecular weight excluding hydrogens is 396 g/mol. The zero-order valence-corrected chi connectivity index (χ0v) is 18.2. The second-order valence-corrected chi connectivity index (χ2v) is 8.17. The van der Waals surface area contributed by atoms with Crippen molar-refractivity contribution in [1.82, 2.24) is 0 Å². The van der Waals surface area contributed by atoms with Crippen LogP contribution < -0.4 is 4.74 Å². The Morgan fingerprint density at radius 1 is 0.968 bits per heavy atom. The van der Waals surface area contributed by atoms with E-state index >= 15 is 0 Å². The molecule has 0 bridgehead atoms. The van der Waals surface area contributed by atoms with Crippen molar-refractivity contribution in [3.8, 4) is 5.75 Å². The minimum Gasteiger partial charge on any atom is -0.489 e. The number of benzene rings is 2. The van der Waals surface area contributed by atoms with Gasteiger partial charge in [0.1, 0.15) is 12.4 Å². The van der Waals surface area contributed by atoms with Crippen molar-refractivity contribution in [3.05, 3.63) is 70.8 Å². The van der Waals surface area contributed by atoms with E-state index in [0.29, 0.717) is 23.3 Å². The highest BCUT2D eigenvalue weighted by molar-refractivity contribution is 6.03. The first-order valence-electron chi connectivity index (χ1n) is 10.3. The summed E-state index contributed by atoms with van der Waals surface area (Å²) in [6.07, 6.45) is 5.24. The fraction of sp³-hybridized carbons (Fsp3) is 0.360. The number of aliphatic hydroxyl groups is 1. The highest BCUT2D eigenvalue weighted by Gasteiger charge is 2.24. The molecule has 2 rings (SSSR count). The molecule has 0 saturated heterocycles. The number of ether oxygens (including phenoxy) is 1. The van der Waals surface area contributed by atoms with Crippen LogP contribution in [0.2, 0.25) is 0 Å². The van der Waals surface area contributed by atoms with Gasteiger partial charge in [0.2, 0.25) is 0 Å². The third-order valence-electron chi connectivity index (χ3n) is 5.00. The second-order valence-electron chi connectivity index (χ2n) is 8.17. The van der Waals surface area contributed by atoms with Crippen LogP contribution in [0.15, 0.2) is 48.5 Å². The minimum absolute atomic E-state index is 0.0635. The Labute approximate surface area is 182 Å². The van der Waals surface area contributed by atoms with E-state index in [1.54, 1.807) is 44.2 Å². The predicted octanol–water partition coefficient (Wildman–Crippen LogP) is 5.40. The average Bonchev–Trinajstić information content (AvgIpc) is 2.70. The van der Waals surface area contributed by atoms with Crippen molar-refractivity contribution in [1.29, 1.82) is 0 Å². The summed E-state index contributed by atoms with van der Waals surface area (Å²) < 4.78 is 5.78. The maximum atomic E-state index is 12.0. The van der Waals surface area contributed by atoms with Gasteiger partial charge in [-0.15, -0.1) is 0 Å². The van der Waals surface area contributed by atoms with E-state index in [4.69, 9.17) is 4.74 Å². The second kappa shape index (κ2) is 10.8. The van der Waals surface area contributed by atoms with E-state index in [-0.39, 0.29) is 17.7 Å². The van der Waals surface area contributed by atoms with Gasteiger partial charge in [-0.2, -0.15) is 0 Å². The van der Waals surface area contributed by atoms with Gasteiger partial charge in [0.15, 0.2) is 0 Å². The summed E-state index contributed by atoms with van der Waals surface area (Å²) in [4.78, 5) is 23.6. The van der Waals surface area contributed by atoms with Gasteiger partial charge in [-0.25, -0.2) is 9.59 Å². The highest BCUT2D eigenvalue weighted by atomic mass is 16.5. The first-order chi connectivity index (χ1) is 14.6. The SMILES string of the molecule is CC(=CCCCCC(C)(C)O)c1ccc(C(=O)O)c(C(=O)O)c1COc1ccccc1. The average molecular weight is 427 g/mol. The van der Waals surface area contributed by atoms with Gasteiger partial charge in [0, 0.05) is 5.56 Å². The lowest BCUT2D eigenvalue weighted by Crippen LogP contribution is -2.17. The summed E-state index contributed by atoms with van der Waals surface area (Å²) in [6, 6.07) is 11.9. The van der Waals surface area contributed by atoms with Gasteiger partial charge in [0.25, 0.3) is 0 Å². The van der Waals surface area contributed by atoms with Crippen LogP contribution in [0.1, 0.15) is 78.3 Å². The number of aromatic carboxylic acids is 2. The minimum atomic E-state index is -1.30. The van der Waals surface area contributed by atoms with Gasteiger partial charge in [0.05, 0.1) is 16.7 Å². The summed E-state index contributed by atoms with van der Waals surface area (Å²) in [6.45, 7) is 5.38. The summed E-state index contributed by atoms with van der Waals surface area (Å²) in [5.41, 5.74) is 0.636. The number of hydrogen-bond acceptors (Lipinski definition) is 4. The molecule has 0 atom stereocenters. The standard InChI is InChI=1S/C25H30O6/c1-17(10-6-5-9-15-25(2,3)30)19-13-14-20(23(26)27)22(24(28)29)21(19)16-31-18-11-7-4-8-12-18/h4,7-8,10-14,30H,5-6,9,15-16H2,1-3H3,(H,26,27)(H,28,29). The third-order valence-corrected chi connectivity index (χ3v) is 5.00. The Balaban J connectivity index is 2.33. The maximum absolute atomic E-state index is 12.0. The van der Waals surface area contributed by atoms with Crippen molar-refractivity contribution in [2.24, 2.45) is 0 Å². The van der Waals surface area contributed by atoms with Crippen LogP contribution in [0.4, 0.5) is 0 Å². The Hall–Kier alpha value is -3.12. The van der Waals surface area contributed by atoms with Crippen LogP contribution >= 0.6 is 0 Å². The van der Waals surface area contributed by atoms with Gasteiger partial charge in [-0.3, -0.25) is 0 Å². The Morgan fingerprint density at radius 3 is 2.19 bits per heavy atom. The molecule has 0 spiro atoms. The molecule has 6 heteroatoms.